The lowest BCUT2D eigenvalue weighted by molar-refractivity contribution is -0.116. The molecule has 1 unspecified atom stereocenters. The molecule has 126 valence electrons. The number of rotatable bonds is 1. The predicted octanol–water partition coefficient (Wildman–Crippen LogP) is 3.48. The molecular formula is C18H18BrNO3S. The Hall–Kier alpha value is -1.40. The lowest BCUT2D eigenvalue weighted by Gasteiger charge is -2.33. The molecule has 0 bridgehead atoms. The van der Waals surface area contributed by atoms with Crippen LogP contribution >= 0.6 is 15.9 Å². The Morgan fingerprint density at radius 1 is 1.17 bits per heavy atom. The topological polar surface area (TPSA) is 63.2 Å². The number of carbonyl (C=O) groups is 1. The standard InChI is InChI=1S/C18H18BrNO3S/c1-10-9-11(5-6-12(10)19)16-17-13(3-2-4-15(17)21)20-14-7-8-24(22,23)18(14)16/h5-6,9,16,20H,2-4,7-8H2,1H3. The summed E-state index contributed by atoms with van der Waals surface area (Å²) in [6.45, 7) is 1.98. The third-order valence-corrected chi connectivity index (χ3v) is 7.86. The van der Waals surface area contributed by atoms with E-state index >= 15 is 0 Å². The highest BCUT2D eigenvalue weighted by molar-refractivity contribution is 9.10. The molecule has 0 spiro atoms. The second-order valence-electron chi connectivity index (χ2n) is 6.65. The van der Waals surface area contributed by atoms with Gasteiger partial charge in [0.1, 0.15) is 0 Å². The third kappa shape index (κ3) is 2.39. The Balaban J connectivity index is 1.96. The van der Waals surface area contributed by atoms with Crippen LogP contribution in [0.2, 0.25) is 0 Å². The first-order valence-corrected chi connectivity index (χ1v) is 10.6. The van der Waals surface area contributed by atoms with Crippen LogP contribution in [0.25, 0.3) is 0 Å². The van der Waals surface area contributed by atoms with Gasteiger partial charge in [-0.2, -0.15) is 0 Å². The fourth-order valence-electron chi connectivity index (χ4n) is 3.94. The minimum absolute atomic E-state index is 0.0722. The van der Waals surface area contributed by atoms with Gasteiger partial charge in [0.2, 0.25) is 0 Å². The second-order valence-corrected chi connectivity index (χ2v) is 9.58. The highest BCUT2D eigenvalue weighted by Crippen LogP contribution is 2.47. The molecule has 1 aliphatic carbocycles. The highest BCUT2D eigenvalue weighted by Gasteiger charge is 2.44. The summed E-state index contributed by atoms with van der Waals surface area (Å²) in [4.78, 5) is 13.1. The number of Topliss-reactive ketones (excluding diaryl/α,β-unsaturated/α-hetero) is 1. The molecule has 2 aliphatic heterocycles. The van der Waals surface area contributed by atoms with Gasteiger partial charge in [-0.25, -0.2) is 8.42 Å². The Kier molecular flexibility index (Phi) is 3.73. The number of dihydropyridines is 1. The fourth-order valence-corrected chi connectivity index (χ4v) is 6.02. The zero-order chi connectivity index (χ0) is 17.1. The molecule has 0 saturated heterocycles. The van der Waals surface area contributed by atoms with Crippen molar-refractivity contribution in [2.24, 2.45) is 0 Å². The Morgan fingerprint density at radius 2 is 1.96 bits per heavy atom. The zero-order valence-corrected chi connectivity index (χ0v) is 15.8. The lowest BCUT2D eigenvalue weighted by Crippen LogP contribution is -2.32. The van der Waals surface area contributed by atoms with Crippen molar-refractivity contribution in [1.82, 2.24) is 5.32 Å². The zero-order valence-electron chi connectivity index (χ0n) is 13.4. The lowest BCUT2D eigenvalue weighted by atomic mass is 9.79. The minimum Gasteiger partial charge on any atom is -0.361 e. The number of halogens is 1. The van der Waals surface area contributed by atoms with Crippen LogP contribution in [0.3, 0.4) is 0 Å². The van der Waals surface area contributed by atoms with Crippen molar-refractivity contribution in [3.8, 4) is 0 Å². The first kappa shape index (κ1) is 16.1. The number of nitrogens with one attached hydrogen (secondary N) is 1. The van der Waals surface area contributed by atoms with Crippen LogP contribution in [0.5, 0.6) is 0 Å². The molecule has 4 nitrogen and oxygen atoms in total. The third-order valence-electron chi connectivity index (χ3n) is 5.08. The van der Waals surface area contributed by atoms with E-state index in [-0.39, 0.29) is 11.5 Å². The van der Waals surface area contributed by atoms with Crippen LogP contribution in [-0.2, 0) is 14.6 Å². The van der Waals surface area contributed by atoms with Gasteiger partial charge in [0.25, 0.3) is 0 Å². The monoisotopic (exact) mass is 407 g/mol. The van der Waals surface area contributed by atoms with Crippen LogP contribution in [0.15, 0.2) is 44.5 Å². The van der Waals surface area contributed by atoms with Gasteiger partial charge in [-0.1, -0.05) is 28.1 Å². The number of aryl methyl sites for hydroxylation is 1. The molecule has 0 radical (unpaired) electrons. The molecule has 24 heavy (non-hydrogen) atoms. The first-order chi connectivity index (χ1) is 11.4. The van der Waals surface area contributed by atoms with E-state index in [0.717, 1.165) is 39.8 Å². The number of carbonyl (C=O) groups excluding carboxylic acids is 1. The summed E-state index contributed by atoms with van der Waals surface area (Å²) in [6, 6.07) is 5.85. The van der Waals surface area contributed by atoms with E-state index in [1.165, 1.54) is 0 Å². The average molecular weight is 408 g/mol. The largest absolute Gasteiger partial charge is 0.361 e. The fraction of sp³-hybridized carbons (Fsp3) is 0.389. The van der Waals surface area contributed by atoms with E-state index in [0.29, 0.717) is 23.3 Å². The Morgan fingerprint density at radius 3 is 2.71 bits per heavy atom. The number of hydrogen-bond acceptors (Lipinski definition) is 4. The molecule has 1 atom stereocenters. The van der Waals surface area contributed by atoms with Crippen molar-refractivity contribution in [2.75, 3.05) is 5.75 Å². The summed E-state index contributed by atoms with van der Waals surface area (Å²) in [6.07, 6.45) is 2.64. The van der Waals surface area contributed by atoms with Crippen molar-refractivity contribution in [3.05, 3.63) is 55.7 Å². The van der Waals surface area contributed by atoms with E-state index in [1.807, 2.05) is 25.1 Å². The summed E-state index contributed by atoms with van der Waals surface area (Å²) in [5.41, 5.74) is 4.29. The van der Waals surface area contributed by atoms with E-state index in [2.05, 4.69) is 21.2 Å². The molecular weight excluding hydrogens is 390 g/mol. The van der Waals surface area contributed by atoms with Crippen molar-refractivity contribution in [2.45, 2.75) is 38.5 Å². The summed E-state index contributed by atoms with van der Waals surface area (Å²) in [7, 11) is -3.32. The van der Waals surface area contributed by atoms with Gasteiger partial charge in [0, 0.05) is 34.3 Å². The molecule has 3 aliphatic rings. The van der Waals surface area contributed by atoms with Gasteiger partial charge in [-0.15, -0.1) is 0 Å². The van der Waals surface area contributed by atoms with Crippen LogP contribution in [0, 0.1) is 6.92 Å². The van der Waals surface area contributed by atoms with Gasteiger partial charge in [-0.3, -0.25) is 4.79 Å². The Labute approximate surface area is 150 Å². The number of ketones is 1. The van der Waals surface area contributed by atoms with Crippen LogP contribution in [-0.4, -0.2) is 20.0 Å². The molecule has 4 rings (SSSR count). The number of benzene rings is 1. The average Bonchev–Trinajstić information content (AvgIpc) is 2.84. The van der Waals surface area contributed by atoms with Crippen molar-refractivity contribution in [3.63, 3.8) is 0 Å². The van der Waals surface area contributed by atoms with Crippen LogP contribution < -0.4 is 5.32 Å². The van der Waals surface area contributed by atoms with E-state index < -0.39 is 15.8 Å². The molecule has 0 amide bonds. The normalized spacial score (nSPS) is 25.4. The first-order valence-electron chi connectivity index (χ1n) is 8.13. The maximum Gasteiger partial charge on any atom is 0.177 e. The number of hydrogen-bond donors (Lipinski definition) is 1. The van der Waals surface area contributed by atoms with E-state index in [4.69, 9.17) is 0 Å². The summed E-state index contributed by atoms with van der Waals surface area (Å²) >= 11 is 3.49. The second kappa shape index (κ2) is 5.56. The van der Waals surface area contributed by atoms with E-state index in [9.17, 15) is 13.2 Å². The van der Waals surface area contributed by atoms with Gasteiger partial charge < -0.3 is 5.32 Å². The van der Waals surface area contributed by atoms with Gasteiger partial charge in [0.05, 0.1) is 16.6 Å². The van der Waals surface area contributed by atoms with Crippen LogP contribution in [0.1, 0.15) is 42.7 Å². The molecule has 1 N–H and O–H groups in total. The number of allylic oxidation sites excluding steroid dienone is 4. The van der Waals surface area contributed by atoms with Gasteiger partial charge in [0.15, 0.2) is 15.6 Å². The molecule has 6 heteroatoms. The Bertz CT molecular complexity index is 928. The highest BCUT2D eigenvalue weighted by atomic mass is 79.9. The molecule has 1 aromatic rings. The SMILES string of the molecule is Cc1cc(C2C3=C(CCCC3=O)NC3=C2S(=O)(=O)CC3)ccc1Br. The van der Waals surface area contributed by atoms with Crippen molar-refractivity contribution < 1.29 is 13.2 Å². The summed E-state index contributed by atoms with van der Waals surface area (Å²) in [5.74, 6) is -0.253. The molecule has 0 fully saturated rings. The molecule has 0 saturated carbocycles. The maximum absolute atomic E-state index is 12.7. The summed E-state index contributed by atoms with van der Waals surface area (Å²) < 4.78 is 26.3. The van der Waals surface area contributed by atoms with Gasteiger partial charge in [-0.05, 0) is 37.0 Å². The smallest absolute Gasteiger partial charge is 0.177 e. The van der Waals surface area contributed by atoms with Crippen LogP contribution in [0.4, 0.5) is 0 Å². The van der Waals surface area contributed by atoms with Crippen molar-refractivity contribution >= 4 is 31.6 Å². The van der Waals surface area contributed by atoms with Crippen molar-refractivity contribution in [1.29, 1.82) is 0 Å². The summed E-state index contributed by atoms with van der Waals surface area (Å²) in [5, 5.41) is 3.28. The maximum atomic E-state index is 12.7. The molecule has 1 aromatic carbocycles. The van der Waals surface area contributed by atoms with Gasteiger partial charge >= 0.3 is 0 Å². The van der Waals surface area contributed by atoms with E-state index in [1.54, 1.807) is 0 Å². The minimum atomic E-state index is -3.32. The predicted molar refractivity (Wildman–Crippen MR) is 96.1 cm³/mol. The molecule has 0 aromatic heterocycles. The molecule has 2 heterocycles. The quantitative estimate of drug-likeness (QED) is 0.773. The number of sulfone groups is 1.